The summed E-state index contributed by atoms with van der Waals surface area (Å²) in [4.78, 5) is 29.3. The maximum Gasteiger partial charge on any atom is 0.435 e. The molecule has 0 radical (unpaired) electrons. The number of benzene rings is 2. The van der Waals surface area contributed by atoms with Crippen LogP contribution in [-0.4, -0.2) is 33.3 Å². The summed E-state index contributed by atoms with van der Waals surface area (Å²) in [7, 11) is 0. The Bertz CT molecular complexity index is 1640. The molecule has 0 aliphatic heterocycles. The molecular weight excluding hydrogens is 614 g/mol. The SMILES string of the molecule is CC/C=C\N=C(/Cc1ccc(F)c(C(N)=O)c1)[C@H](Cc1cc(F)cc(F)c1)NC(=O)Cn1nc(C(F)(F)F)c2c1CCC2(F)F. The van der Waals surface area contributed by atoms with E-state index in [1.165, 1.54) is 18.3 Å². The van der Waals surface area contributed by atoms with Gasteiger partial charge in [-0.1, -0.05) is 19.1 Å². The summed E-state index contributed by atoms with van der Waals surface area (Å²) >= 11 is 0. The first-order valence-corrected chi connectivity index (χ1v) is 13.7. The number of nitrogens with two attached hydrogens (primary N) is 1. The summed E-state index contributed by atoms with van der Waals surface area (Å²) in [5.41, 5.74) is 1.87. The third-order valence-electron chi connectivity index (χ3n) is 7.02. The number of hydrogen-bond donors (Lipinski definition) is 2. The first kappa shape index (κ1) is 33.3. The Kier molecular flexibility index (Phi) is 9.78. The van der Waals surface area contributed by atoms with E-state index in [-0.39, 0.29) is 24.1 Å². The number of aliphatic imine (C=N–C) groups is 1. The fourth-order valence-electron chi connectivity index (χ4n) is 5.05. The van der Waals surface area contributed by atoms with E-state index in [0.29, 0.717) is 22.7 Å². The van der Waals surface area contributed by atoms with Gasteiger partial charge in [0.2, 0.25) is 5.91 Å². The van der Waals surface area contributed by atoms with Gasteiger partial charge in [0.25, 0.3) is 11.8 Å². The van der Waals surface area contributed by atoms with Gasteiger partial charge in [0.1, 0.15) is 24.0 Å². The van der Waals surface area contributed by atoms with Gasteiger partial charge < -0.3 is 11.1 Å². The van der Waals surface area contributed by atoms with E-state index in [9.17, 15) is 44.7 Å². The van der Waals surface area contributed by atoms with Gasteiger partial charge in [0, 0.05) is 36.5 Å². The molecule has 1 aromatic heterocycles. The number of nitrogens with one attached hydrogen (secondary N) is 1. The average molecular weight is 642 g/mol. The highest BCUT2D eigenvalue weighted by molar-refractivity contribution is 5.96. The van der Waals surface area contributed by atoms with Crippen LogP contribution in [0.15, 0.2) is 53.7 Å². The van der Waals surface area contributed by atoms with Crippen molar-refractivity contribution in [2.24, 2.45) is 10.7 Å². The molecule has 45 heavy (non-hydrogen) atoms. The summed E-state index contributed by atoms with van der Waals surface area (Å²) < 4.78 is 112. The molecule has 0 spiro atoms. The van der Waals surface area contributed by atoms with Crippen LogP contribution in [0.4, 0.5) is 35.1 Å². The molecule has 0 fully saturated rings. The Hall–Kier alpha value is -4.56. The van der Waals surface area contributed by atoms with E-state index in [2.05, 4.69) is 15.4 Å². The number of carbonyl (C=O) groups excluding carboxylic acids is 2. The Morgan fingerprint density at radius 1 is 1.11 bits per heavy atom. The summed E-state index contributed by atoms with van der Waals surface area (Å²) in [6, 6.07) is 4.96. The number of alkyl halides is 5. The number of amides is 2. The van der Waals surface area contributed by atoms with Gasteiger partial charge in [-0.25, -0.2) is 22.0 Å². The minimum absolute atomic E-state index is 0.0703. The predicted octanol–water partition coefficient (Wildman–Crippen LogP) is 5.79. The molecule has 3 N–H and O–H groups in total. The van der Waals surface area contributed by atoms with E-state index < -0.39 is 89.3 Å². The normalized spacial score (nSPS) is 15.4. The van der Waals surface area contributed by atoms with Crippen LogP contribution in [0.5, 0.6) is 0 Å². The lowest BCUT2D eigenvalue weighted by molar-refractivity contribution is -0.145. The van der Waals surface area contributed by atoms with Crippen LogP contribution in [0.1, 0.15) is 58.2 Å². The monoisotopic (exact) mass is 641 g/mol. The maximum absolute atomic E-state index is 14.4. The molecule has 0 saturated heterocycles. The maximum atomic E-state index is 14.4. The smallest absolute Gasteiger partial charge is 0.366 e. The number of carbonyl (C=O) groups is 2. The summed E-state index contributed by atoms with van der Waals surface area (Å²) in [6.45, 7) is 0.920. The summed E-state index contributed by atoms with van der Waals surface area (Å²) in [6.07, 6.45) is -3.37. The van der Waals surface area contributed by atoms with E-state index in [4.69, 9.17) is 5.73 Å². The van der Waals surface area contributed by atoms with Crippen LogP contribution in [0.2, 0.25) is 0 Å². The van der Waals surface area contributed by atoms with Gasteiger partial charge in [0.05, 0.1) is 17.2 Å². The fourth-order valence-corrected chi connectivity index (χ4v) is 5.05. The fraction of sp³-hybridized carbons (Fsp3) is 0.333. The van der Waals surface area contributed by atoms with E-state index in [0.717, 1.165) is 18.2 Å². The number of nitrogens with zero attached hydrogens (tertiary/aromatic N) is 3. The lowest BCUT2D eigenvalue weighted by atomic mass is 9.95. The lowest BCUT2D eigenvalue weighted by Gasteiger charge is -2.22. The molecule has 2 aromatic carbocycles. The van der Waals surface area contributed by atoms with Crippen LogP contribution in [0, 0.1) is 17.5 Å². The summed E-state index contributed by atoms with van der Waals surface area (Å²) in [5, 5.41) is 5.86. The molecule has 7 nitrogen and oxygen atoms in total. The van der Waals surface area contributed by atoms with E-state index >= 15 is 0 Å². The third-order valence-corrected chi connectivity index (χ3v) is 7.02. The number of fused-ring (bicyclic) bond motifs is 1. The molecule has 1 atom stereocenters. The van der Waals surface area contributed by atoms with Crippen molar-refractivity contribution >= 4 is 17.5 Å². The lowest BCUT2D eigenvalue weighted by Crippen LogP contribution is -2.44. The molecule has 1 heterocycles. The third kappa shape index (κ3) is 7.94. The highest BCUT2D eigenvalue weighted by Crippen LogP contribution is 2.47. The highest BCUT2D eigenvalue weighted by Gasteiger charge is 2.51. The molecular formula is C30H27F8N5O2. The van der Waals surface area contributed by atoms with E-state index in [1.807, 2.05) is 0 Å². The van der Waals surface area contributed by atoms with Gasteiger partial charge in [-0.2, -0.15) is 18.3 Å². The Labute approximate surface area is 251 Å². The second kappa shape index (κ2) is 13.2. The summed E-state index contributed by atoms with van der Waals surface area (Å²) in [5.74, 6) is -8.52. The minimum Gasteiger partial charge on any atom is -0.366 e. The first-order valence-electron chi connectivity index (χ1n) is 13.7. The molecule has 0 bridgehead atoms. The number of rotatable bonds is 11. The quantitative estimate of drug-likeness (QED) is 0.205. The molecule has 15 heteroatoms. The van der Waals surface area contributed by atoms with Gasteiger partial charge >= 0.3 is 6.18 Å². The number of allylic oxidation sites excluding steroid dienone is 1. The molecule has 3 aromatic rings. The Morgan fingerprint density at radius 3 is 2.42 bits per heavy atom. The van der Waals surface area contributed by atoms with Crippen molar-refractivity contribution in [3.63, 3.8) is 0 Å². The van der Waals surface area contributed by atoms with Crippen LogP contribution in [-0.2, 0) is 42.7 Å². The zero-order chi connectivity index (χ0) is 33.1. The molecule has 0 unspecified atom stereocenters. The molecule has 240 valence electrons. The largest absolute Gasteiger partial charge is 0.435 e. The number of primary amides is 1. The first-order chi connectivity index (χ1) is 21.1. The van der Waals surface area contributed by atoms with Crippen molar-refractivity contribution in [2.45, 2.75) is 63.7 Å². The van der Waals surface area contributed by atoms with Crippen LogP contribution in [0.25, 0.3) is 0 Å². The highest BCUT2D eigenvalue weighted by atomic mass is 19.4. The van der Waals surface area contributed by atoms with Crippen LogP contribution in [0.3, 0.4) is 0 Å². The number of halogens is 8. The minimum atomic E-state index is -5.20. The van der Waals surface area contributed by atoms with Crippen molar-refractivity contribution in [2.75, 3.05) is 0 Å². The van der Waals surface area contributed by atoms with Gasteiger partial charge in [-0.15, -0.1) is 0 Å². The standard InChI is InChI=1S/C30H27F8N5O2/c1-2-3-8-40-22(12-16-4-5-21(33)20(11-16)28(39)45)23(13-17-9-18(31)14-19(32)10-17)41-25(44)15-43-24-6-7-29(34,35)26(24)27(42-43)30(36,37)38/h3-5,8-11,14,23H,2,6-7,12-13,15H2,1H3,(H2,39,45)(H,41,44)/b8-3-,40-22+/t23-/m0/s1. The predicted molar refractivity (Wildman–Crippen MR) is 147 cm³/mol. The van der Waals surface area contributed by atoms with E-state index in [1.54, 1.807) is 13.0 Å². The van der Waals surface area contributed by atoms with Crippen molar-refractivity contribution in [3.05, 3.63) is 99.8 Å². The van der Waals surface area contributed by atoms with Crippen molar-refractivity contribution in [3.8, 4) is 0 Å². The van der Waals surface area contributed by atoms with Crippen LogP contribution < -0.4 is 11.1 Å². The van der Waals surface area contributed by atoms with Crippen molar-refractivity contribution in [1.29, 1.82) is 0 Å². The molecule has 1 aliphatic rings. The zero-order valence-electron chi connectivity index (χ0n) is 23.7. The van der Waals surface area contributed by atoms with Gasteiger partial charge in [-0.05, 0) is 54.7 Å². The molecule has 2 amide bonds. The zero-order valence-corrected chi connectivity index (χ0v) is 23.7. The topological polar surface area (TPSA) is 102 Å². The Balaban J connectivity index is 1.72. The van der Waals surface area contributed by atoms with Crippen molar-refractivity contribution < 1.29 is 44.7 Å². The molecule has 1 aliphatic carbocycles. The van der Waals surface area contributed by atoms with Crippen LogP contribution >= 0.6 is 0 Å². The van der Waals surface area contributed by atoms with Gasteiger partial charge in [0.15, 0.2) is 5.69 Å². The molecule has 4 rings (SSSR count). The van der Waals surface area contributed by atoms with Crippen molar-refractivity contribution in [1.82, 2.24) is 15.1 Å². The number of aromatic nitrogens is 2. The Morgan fingerprint density at radius 2 is 1.80 bits per heavy atom. The second-order valence-electron chi connectivity index (χ2n) is 10.4. The molecule has 0 saturated carbocycles. The van der Waals surface area contributed by atoms with Gasteiger partial charge in [-0.3, -0.25) is 19.3 Å². The second-order valence-corrected chi connectivity index (χ2v) is 10.4. The average Bonchev–Trinajstić information content (AvgIpc) is 3.45. The number of hydrogen-bond acceptors (Lipinski definition) is 4.